The van der Waals surface area contributed by atoms with E-state index in [4.69, 9.17) is 5.26 Å². The topological polar surface area (TPSA) is 44.9 Å². The van der Waals surface area contributed by atoms with Gasteiger partial charge in [0, 0.05) is 32.0 Å². The highest BCUT2D eigenvalue weighted by molar-refractivity contribution is 4.88. The maximum absolute atomic E-state index is 8.69. The van der Waals surface area contributed by atoms with Crippen molar-refractivity contribution in [1.82, 2.24) is 14.5 Å². The fraction of sp³-hybridized carbons (Fsp3) is 0.636. The van der Waals surface area contributed by atoms with Crippen LogP contribution in [0.25, 0.3) is 0 Å². The lowest BCUT2D eigenvalue weighted by atomic mass is 10.2. The van der Waals surface area contributed by atoms with Gasteiger partial charge in [-0.05, 0) is 20.9 Å². The molecule has 0 saturated heterocycles. The molecule has 0 spiro atoms. The Morgan fingerprint density at radius 2 is 2.40 bits per heavy atom. The SMILES string of the molecule is Cc1nccn1CCN(C)CC(C)C#N. The van der Waals surface area contributed by atoms with Crippen molar-refractivity contribution in [3.05, 3.63) is 18.2 Å². The lowest BCUT2D eigenvalue weighted by Gasteiger charge is -2.18. The molecule has 0 aliphatic carbocycles. The van der Waals surface area contributed by atoms with Gasteiger partial charge in [-0.15, -0.1) is 0 Å². The van der Waals surface area contributed by atoms with Crippen molar-refractivity contribution in [2.75, 3.05) is 20.1 Å². The van der Waals surface area contributed by atoms with E-state index >= 15 is 0 Å². The van der Waals surface area contributed by atoms with Crippen LogP contribution in [0.4, 0.5) is 0 Å². The number of nitrogens with zero attached hydrogens (tertiary/aromatic N) is 4. The third-order valence-electron chi connectivity index (χ3n) is 2.45. The molecule has 0 fully saturated rings. The molecule has 4 heteroatoms. The van der Waals surface area contributed by atoms with Crippen molar-refractivity contribution in [3.8, 4) is 6.07 Å². The van der Waals surface area contributed by atoms with Gasteiger partial charge in [0.1, 0.15) is 5.82 Å². The Balaban J connectivity index is 2.32. The van der Waals surface area contributed by atoms with Crippen molar-refractivity contribution in [2.24, 2.45) is 5.92 Å². The molecular formula is C11H18N4. The molecule has 0 aliphatic rings. The lowest BCUT2D eigenvalue weighted by molar-refractivity contribution is 0.296. The van der Waals surface area contributed by atoms with Gasteiger partial charge in [0.2, 0.25) is 0 Å². The number of aromatic nitrogens is 2. The van der Waals surface area contributed by atoms with E-state index in [1.165, 1.54) is 0 Å². The summed E-state index contributed by atoms with van der Waals surface area (Å²) in [6.07, 6.45) is 3.80. The predicted molar refractivity (Wildman–Crippen MR) is 59.2 cm³/mol. The first-order valence-electron chi connectivity index (χ1n) is 5.19. The molecule has 1 aromatic heterocycles. The zero-order valence-electron chi connectivity index (χ0n) is 9.64. The number of hydrogen-bond donors (Lipinski definition) is 0. The van der Waals surface area contributed by atoms with E-state index in [9.17, 15) is 0 Å². The Morgan fingerprint density at radius 1 is 1.67 bits per heavy atom. The Hall–Kier alpha value is -1.34. The number of nitriles is 1. The van der Waals surface area contributed by atoms with Gasteiger partial charge in [-0.1, -0.05) is 0 Å². The second kappa shape index (κ2) is 5.52. The van der Waals surface area contributed by atoms with Crippen LogP contribution in [0.5, 0.6) is 0 Å². The van der Waals surface area contributed by atoms with E-state index in [1.807, 2.05) is 33.3 Å². The van der Waals surface area contributed by atoms with Crippen LogP contribution in [0.15, 0.2) is 12.4 Å². The van der Waals surface area contributed by atoms with Gasteiger partial charge in [0.15, 0.2) is 0 Å². The standard InChI is InChI=1S/C11H18N4/c1-10(8-12)9-14(3)6-7-15-5-4-13-11(15)2/h4-5,10H,6-7,9H2,1-3H3. The van der Waals surface area contributed by atoms with Gasteiger partial charge in [0.05, 0.1) is 12.0 Å². The van der Waals surface area contributed by atoms with E-state index in [1.54, 1.807) is 0 Å². The maximum atomic E-state index is 8.69. The third-order valence-corrected chi connectivity index (χ3v) is 2.45. The van der Waals surface area contributed by atoms with Crippen LogP contribution in [0.1, 0.15) is 12.7 Å². The molecule has 4 nitrogen and oxygen atoms in total. The summed E-state index contributed by atoms with van der Waals surface area (Å²) < 4.78 is 2.12. The summed E-state index contributed by atoms with van der Waals surface area (Å²) in [5, 5.41) is 8.69. The van der Waals surface area contributed by atoms with Crippen LogP contribution in [0, 0.1) is 24.2 Å². The first-order valence-corrected chi connectivity index (χ1v) is 5.19. The van der Waals surface area contributed by atoms with Crippen LogP contribution in [-0.4, -0.2) is 34.6 Å². The van der Waals surface area contributed by atoms with E-state index in [0.29, 0.717) is 0 Å². The van der Waals surface area contributed by atoms with E-state index in [0.717, 1.165) is 25.5 Å². The van der Waals surface area contributed by atoms with Gasteiger partial charge >= 0.3 is 0 Å². The Morgan fingerprint density at radius 3 is 2.93 bits per heavy atom. The number of hydrogen-bond acceptors (Lipinski definition) is 3. The van der Waals surface area contributed by atoms with Gasteiger partial charge in [-0.2, -0.15) is 5.26 Å². The maximum Gasteiger partial charge on any atom is 0.105 e. The summed E-state index contributed by atoms with van der Waals surface area (Å²) in [6, 6.07) is 2.24. The summed E-state index contributed by atoms with van der Waals surface area (Å²) in [6.45, 7) is 6.64. The minimum Gasteiger partial charge on any atom is -0.334 e. The fourth-order valence-corrected chi connectivity index (χ4v) is 1.52. The zero-order chi connectivity index (χ0) is 11.3. The first-order chi connectivity index (χ1) is 7.13. The van der Waals surface area contributed by atoms with Crippen LogP contribution in [-0.2, 0) is 6.54 Å². The molecule has 82 valence electrons. The molecule has 0 saturated carbocycles. The summed E-state index contributed by atoms with van der Waals surface area (Å²) in [5.74, 6) is 1.13. The summed E-state index contributed by atoms with van der Waals surface area (Å²) in [5.41, 5.74) is 0. The van der Waals surface area contributed by atoms with Crippen molar-refractivity contribution < 1.29 is 0 Å². The summed E-state index contributed by atoms with van der Waals surface area (Å²) >= 11 is 0. The molecule has 0 N–H and O–H groups in total. The fourth-order valence-electron chi connectivity index (χ4n) is 1.52. The van der Waals surface area contributed by atoms with Crippen molar-refractivity contribution in [3.63, 3.8) is 0 Å². The minimum atomic E-state index is 0.0962. The average molecular weight is 206 g/mol. The molecule has 0 radical (unpaired) electrons. The Kier molecular flexibility index (Phi) is 4.32. The number of imidazole rings is 1. The second-order valence-electron chi connectivity index (χ2n) is 3.96. The van der Waals surface area contributed by atoms with Crippen molar-refractivity contribution in [1.29, 1.82) is 5.26 Å². The monoisotopic (exact) mass is 206 g/mol. The van der Waals surface area contributed by atoms with Crippen LogP contribution >= 0.6 is 0 Å². The van der Waals surface area contributed by atoms with E-state index in [2.05, 4.69) is 20.5 Å². The predicted octanol–water partition coefficient (Wildman–Crippen LogP) is 1.28. The lowest BCUT2D eigenvalue weighted by Crippen LogP contribution is -2.27. The number of rotatable bonds is 5. The number of likely N-dealkylation sites (N-methyl/N-ethyl adjacent to an activating group) is 1. The minimum absolute atomic E-state index is 0.0962. The Labute approximate surface area is 91.1 Å². The quantitative estimate of drug-likeness (QED) is 0.729. The van der Waals surface area contributed by atoms with Crippen LogP contribution < -0.4 is 0 Å². The van der Waals surface area contributed by atoms with Gasteiger partial charge in [0.25, 0.3) is 0 Å². The number of aryl methyl sites for hydroxylation is 1. The molecule has 0 amide bonds. The summed E-state index contributed by atoms with van der Waals surface area (Å²) in [7, 11) is 2.04. The molecule has 1 aromatic rings. The largest absolute Gasteiger partial charge is 0.334 e. The summed E-state index contributed by atoms with van der Waals surface area (Å²) in [4.78, 5) is 6.34. The molecule has 1 unspecified atom stereocenters. The second-order valence-corrected chi connectivity index (χ2v) is 3.96. The smallest absolute Gasteiger partial charge is 0.105 e. The first kappa shape index (κ1) is 11.7. The van der Waals surface area contributed by atoms with Crippen molar-refractivity contribution in [2.45, 2.75) is 20.4 Å². The molecule has 0 bridgehead atoms. The van der Waals surface area contributed by atoms with Gasteiger partial charge in [-0.3, -0.25) is 0 Å². The zero-order valence-corrected chi connectivity index (χ0v) is 9.64. The molecule has 0 aromatic carbocycles. The highest BCUT2D eigenvalue weighted by atomic mass is 15.1. The van der Waals surface area contributed by atoms with Gasteiger partial charge < -0.3 is 9.47 Å². The van der Waals surface area contributed by atoms with E-state index < -0.39 is 0 Å². The van der Waals surface area contributed by atoms with E-state index in [-0.39, 0.29) is 5.92 Å². The highest BCUT2D eigenvalue weighted by Crippen LogP contribution is 1.99. The molecular weight excluding hydrogens is 188 g/mol. The van der Waals surface area contributed by atoms with Gasteiger partial charge in [-0.25, -0.2) is 4.98 Å². The molecule has 1 atom stereocenters. The van der Waals surface area contributed by atoms with Crippen molar-refractivity contribution >= 4 is 0 Å². The molecule has 0 aliphatic heterocycles. The Bertz CT molecular complexity index is 337. The highest BCUT2D eigenvalue weighted by Gasteiger charge is 2.05. The molecule has 1 rings (SSSR count). The third kappa shape index (κ3) is 3.72. The average Bonchev–Trinajstić information content (AvgIpc) is 2.61. The van der Waals surface area contributed by atoms with Crippen LogP contribution in [0.2, 0.25) is 0 Å². The normalized spacial score (nSPS) is 12.7. The molecule has 15 heavy (non-hydrogen) atoms. The molecule has 1 heterocycles. The van der Waals surface area contributed by atoms with Crippen LogP contribution in [0.3, 0.4) is 0 Å².